The number of hydrogen-bond donors (Lipinski definition) is 1. The largest absolute Gasteiger partial charge is 0.478 e. The molecule has 0 atom stereocenters. The van der Waals surface area contributed by atoms with E-state index in [4.69, 9.17) is 5.11 Å². The van der Waals surface area contributed by atoms with Crippen molar-refractivity contribution in [2.75, 3.05) is 12.5 Å². The van der Waals surface area contributed by atoms with Gasteiger partial charge in [0.15, 0.2) is 19.7 Å². The lowest BCUT2D eigenvalue weighted by molar-refractivity contribution is 0.0697. The average Bonchev–Trinajstić information content (AvgIpc) is 2.34. The average molecular weight is 328 g/mol. The Labute approximate surface area is 121 Å². The highest BCUT2D eigenvalue weighted by molar-refractivity contribution is 7.91. The minimum atomic E-state index is -3.66. The summed E-state index contributed by atoms with van der Waals surface area (Å²) in [6.45, 7) is 0. The molecule has 0 unspecified atom stereocenters. The lowest BCUT2D eigenvalue weighted by Gasteiger charge is -2.09. The van der Waals surface area contributed by atoms with Crippen molar-refractivity contribution >= 4 is 36.4 Å². The number of sulfone groups is 2. The molecule has 0 saturated carbocycles. The summed E-state index contributed by atoms with van der Waals surface area (Å²) < 4.78 is 47.0. The fourth-order valence-corrected chi connectivity index (χ4v) is 3.64. The molecule has 2 rings (SSSR count). The molecule has 0 spiro atoms. The Balaban J connectivity index is 2.98. The van der Waals surface area contributed by atoms with Crippen molar-refractivity contribution in [1.29, 1.82) is 0 Å². The van der Waals surface area contributed by atoms with E-state index in [-0.39, 0.29) is 26.1 Å². The van der Waals surface area contributed by atoms with E-state index in [9.17, 15) is 21.6 Å². The van der Waals surface area contributed by atoms with Crippen molar-refractivity contribution in [2.24, 2.45) is 0 Å². The van der Waals surface area contributed by atoms with Gasteiger partial charge >= 0.3 is 5.97 Å². The van der Waals surface area contributed by atoms with Gasteiger partial charge in [0.25, 0.3) is 0 Å². The highest BCUT2D eigenvalue weighted by Crippen LogP contribution is 2.28. The smallest absolute Gasteiger partial charge is 0.335 e. The van der Waals surface area contributed by atoms with Crippen LogP contribution in [0.5, 0.6) is 0 Å². The maximum absolute atomic E-state index is 11.8. The molecule has 0 fully saturated rings. The summed E-state index contributed by atoms with van der Waals surface area (Å²) in [6.07, 6.45) is 1.93. The molecule has 0 heterocycles. The Hall–Kier alpha value is -1.93. The summed E-state index contributed by atoms with van der Waals surface area (Å²) in [7, 11) is -7.28. The molecular weight excluding hydrogens is 316 g/mol. The minimum Gasteiger partial charge on any atom is -0.478 e. The van der Waals surface area contributed by atoms with Gasteiger partial charge in [0.1, 0.15) is 0 Å². The number of carboxylic acids is 1. The predicted molar refractivity (Wildman–Crippen MR) is 77.1 cm³/mol. The summed E-state index contributed by atoms with van der Waals surface area (Å²) >= 11 is 0. The van der Waals surface area contributed by atoms with Gasteiger partial charge in [0.2, 0.25) is 0 Å². The Bertz CT molecular complexity index is 956. The molecular formula is C13H12O6S2. The standard InChI is InChI=1S/C13H12O6S2/c1-20(16,17)10-6-9-5-8(13(14)15)3-4-11(9)12(7-10)21(2,18)19/h3-7H,1-2H3,(H,14,15). The van der Waals surface area contributed by atoms with Crippen molar-refractivity contribution in [3.8, 4) is 0 Å². The zero-order valence-electron chi connectivity index (χ0n) is 11.2. The number of aromatic carboxylic acids is 1. The van der Waals surface area contributed by atoms with Gasteiger partial charge < -0.3 is 5.11 Å². The molecule has 2 aromatic carbocycles. The second-order valence-electron chi connectivity index (χ2n) is 4.71. The van der Waals surface area contributed by atoms with Crippen LogP contribution in [0.2, 0.25) is 0 Å². The number of fused-ring (bicyclic) bond motifs is 1. The first-order valence-corrected chi connectivity index (χ1v) is 9.49. The van der Waals surface area contributed by atoms with Gasteiger partial charge in [-0.2, -0.15) is 0 Å². The molecule has 112 valence electrons. The van der Waals surface area contributed by atoms with E-state index in [1.54, 1.807) is 0 Å². The Kier molecular flexibility index (Phi) is 3.54. The number of carbonyl (C=O) groups is 1. The maximum Gasteiger partial charge on any atom is 0.335 e. The Morgan fingerprint density at radius 2 is 1.57 bits per heavy atom. The highest BCUT2D eigenvalue weighted by atomic mass is 32.2. The van der Waals surface area contributed by atoms with Crippen molar-refractivity contribution in [3.63, 3.8) is 0 Å². The molecule has 0 radical (unpaired) electrons. The molecule has 0 amide bonds. The fourth-order valence-electron chi connectivity index (χ4n) is 1.96. The summed E-state index contributed by atoms with van der Waals surface area (Å²) in [4.78, 5) is 10.7. The molecule has 0 aliphatic rings. The van der Waals surface area contributed by atoms with Crippen molar-refractivity contribution in [1.82, 2.24) is 0 Å². The van der Waals surface area contributed by atoms with Crippen LogP contribution in [0.25, 0.3) is 10.8 Å². The summed E-state index contributed by atoms with van der Waals surface area (Å²) in [5.41, 5.74) is -0.0485. The quantitative estimate of drug-likeness (QED) is 0.911. The van der Waals surface area contributed by atoms with Gasteiger partial charge in [-0.3, -0.25) is 0 Å². The van der Waals surface area contributed by atoms with Gasteiger partial charge in [-0.15, -0.1) is 0 Å². The maximum atomic E-state index is 11.8. The van der Waals surface area contributed by atoms with Crippen LogP contribution in [0.4, 0.5) is 0 Å². The molecule has 1 N–H and O–H groups in total. The van der Waals surface area contributed by atoms with Crippen LogP contribution in [0, 0.1) is 0 Å². The minimum absolute atomic E-state index is 0.0485. The van der Waals surface area contributed by atoms with E-state index in [0.717, 1.165) is 18.6 Å². The summed E-state index contributed by atoms with van der Waals surface area (Å²) in [5, 5.41) is 9.50. The molecule has 2 aromatic rings. The van der Waals surface area contributed by atoms with Crippen molar-refractivity contribution in [2.45, 2.75) is 9.79 Å². The Morgan fingerprint density at radius 3 is 2.05 bits per heavy atom. The lowest BCUT2D eigenvalue weighted by atomic mass is 10.1. The normalized spacial score (nSPS) is 12.5. The summed E-state index contributed by atoms with van der Waals surface area (Å²) in [5.74, 6) is -1.18. The SMILES string of the molecule is CS(=O)(=O)c1cc(S(C)(=O)=O)c2ccc(C(=O)O)cc2c1. The molecule has 0 aliphatic carbocycles. The molecule has 0 saturated heterocycles. The molecule has 0 aromatic heterocycles. The van der Waals surface area contributed by atoms with E-state index in [1.165, 1.54) is 24.3 Å². The van der Waals surface area contributed by atoms with Crippen LogP contribution in [0.3, 0.4) is 0 Å². The van der Waals surface area contributed by atoms with E-state index >= 15 is 0 Å². The first-order chi connectivity index (χ1) is 9.50. The molecule has 21 heavy (non-hydrogen) atoms. The van der Waals surface area contributed by atoms with Crippen LogP contribution >= 0.6 is 0 Å². The van der Waals surface area contributed by atoms with Crippen molar-refractivity contribution < 1.29 is 26.7 Å². The van der Waals surface area contributed by atoms with Gasteiger partial charge in [0.05, 0.1) is 15.4 Å². The first-order valence-electron chi connectivity index (χ1n) is 5.71. The fraction of sp³-hybridized carbons (Fsp3) is 0.154. The van der Waals surface area contributed by atoms with Crippen LogP contribution in [-0.2, 0) is 19.7 Å². The van der Waals surface area contributed by atoms with E-state index in [1.807, 2.05) is 0 Å². The zero-order chi connectivity index (χ0) is 16.0. The van der Waals surface area contributed by atoms with Gasteiger partial charge in [-0.1, -0.05) is 6.07 Å². The molecule has 0 bridgehead atoms. The highest BCUT2D eigenvalue weighted by Gasteiger charge is 2.18. The third-order valence-electron chi connectivity index (χ3n) is 2.96. The van der Waals surface area contributed by atoms with E-state index < -0.39 is 25.6 Å². The van der Waals surface area contributed by atoms with Crippen LogP contribution in [0.1, 0.15) is 10.4 Å². The Morgan fingerprint density at radius 1 is 0.952 bits per heavy atom. The monoisotopic (exact) mass is 328 g/mol. The van der Waals surface area contributed by atoms with Gasteiger partial charge in [-0.25, -0.2) is 21.6 Å². The van der Waals surface area contributed by atoms with Crippen molar-refractivity contribution in [3.05, 3.63) is 35.9 Å². The number of rotatable bonds is 3. The van der Waals surface area contributed by atoms with E-state index in [2.05, 4.69) is 0 Å². The first kappa shape index (κ1) is 15.5. The molecule has 0 aliphatic heterocycles. The predicted octanol–water partition coefficient (Wildman–Crippen LogP) is 1.35. The van der Waals surface area contributed by atoms with Crippen LogP contribution in [-0.4, -0.2) is 40.4 Å². The van der Waals surface area contributed by atoms with Gasteiger partial charge in [-0.05, 0) is 29.7 Å². The third-order valence-corrected chi connectivity index (χ3v) is 5.19. The topological polar surface area (TPSA) is 106 Å². The van der Waals surface area contributed by atoms with Crippen LogP contribution < -0.4 is 0 Å². The second kappa shape index (κ2) is 4.81. The van der Waals surface area contributed by atoms with Crippen LogP contribution in [0.15, 0.2) is 40.1 Å². The number of hydrogen-bond acceptors (Lipinski definition) is 5. The number of carboxylic acid groups (broad SMARTS) is 1. The number of benzene rings is 2. The molecule has 8 heteroatoms. The lowest BCUT2D eigenvalue weighted by Crippen LogP contribution is -2.04. The molecule has 6 nitrogen and oxygen atoms in total. The third kappa shape index (κ3) is 3.06. The summed E-state index contributed by atoms with van der Waals surface area (Å²) in [6, 6.07) is 6.25. The second-order valence-corrected chi connectivity index (χ2v) is 8.71. The van der Waals surface area contributed by atoms with E-state index in [0.29, 0.717) is 0 Å². The zero-order valence-corrected chi connectivity index (χ0v) is 12.8. The van der Waals surface area contributed by atoms with Gasteiger partial charge in [0, 0.05) is 17.9 Å².